The number of aryl methyl sites for hydroxylation is 1. The van der Waals surface area contributed by atoms with Gasteiger partial charge < -0.3 is 14.7 Å². The van der Waals surface area contributed by atoms with Crippen LogP contribution in [-0.4, -0.2) is 45.1 Å². The fourth-order valence-corrected chi connectivity index (χ4v) is 5.27. The van der Waals surface area contributed by atoms with E-state index in [2.05, 4.69) is 6.92 Å². The van der Waals surface area contributed by atoms with Crippen molar-refractivity contribution in [2.24, 2.45) is 0 Å². The molecule has 0 spiro atoms. The number of benzene rings is 2. The van der Waals surface area contributed by atoms with Crippen LogP contribution >= 0.6 is 11.8 Å². The van der Waals surface area contributed by atoms with Gasteiger partial charge in [0.05, 0.1) is 24.2 Å². The van der Waals surface area contributed by atoms with Crippen LogP contribution in [0.3, 0.4) is 0 Å². The first-order chi connectivity index (χ1) is 14.5. The number of phenols is 1. The van der Waals surface area contributed by atoms with E-state index in [1.165, 1.54) is 7.11 Å². The molecule has 0 bridgehead atoms. The molecular formula is C23H25N3O3S. The van der Waals surface area contributed by atoms with E-state index in [9.17, 15) is 9.90 Å². The van der Waals surface area contributed by atoms with E-state index in [1.807, 2.05) is 59.0 Å². The van der Waals surface area contributed by atoms with Crippen LogP contribution in [0.5, 0.6) is 11.5 Å². The van der Waals surface area contributed by atoms with Crippen LogP contribution < -0.4 is 4.74 Å². The molecule has 2 heterocycles. The Hall–Kier alpha value is -2.93. The molecule has 0 saturated carbocycles. The van der Waals surface area contributed by atoms with Crippen LogP contribution in [0.1, 0.15) is 27.9 Å². The van der Waals surface area contributed by atoms with Gasteiger partial charge in [-0.25, -0.2) is 4.68 Å². The van der Waals surface area contributed by atoms with Crippen LogP contribution in [-0.2, 0) is 11.2 Å². The zero-order valence-electron chi connectivity index (χ0n) is 17.3. The van der Waals surface area contributed by atoms with Gasteiger partial charge in [-0.2, -0.15) is 5.10 Å². The average Bonchev–Trinajstić information content (AvgIpc) is 3.26. The fraction of sp³-hybridized carbons (Fsp3) is 0.304. The number of thioether (sulfide) groups is 1. The summed E-state index contributed by atoms with van der Waals surface area (Å²) in [6.45, 7) is 4.67. The summed E-state index contributed by atoms with van der Waals surface area (Å²) in [5.41, 5.74) is 5.14. The standard InChI is InChI=1S/C23H25N3O3S/c1-15-22(16(2)26(24-15)18-7-5-4-6-8-18)23-25(21(28)14-30-23)12-11-17-9-10-19(27)20(13-17)29-3/h4-10,13,23,27H,11-12,14H2,1-3H3. The summed E-state index contributed by atoms with van der Waals surface area (Å²) in [4.78, 5) is 14.6. The van der Waals surface area contributed by atoms with Gasteiger partial charge in [0.15, 0.2) is 11.5 Å². The molecular weight excluding hydrogens is 398 g/mol. The lowest BCUT2D eigenvalue weighted by atomic mass is 10.1. The van der Waals surface area contributed by atoms with Crippen LogP contribution in [0.2, 0.25) is 0 Å². The maximum atomic E-state index is 12.7. The average molecular weight is 424 g/mol. The largest absolute Gasteiger partial charge is 0.504 e. The molecule has 1 amide bonds. The molecule has 0 aliphatic carbocycles. The van der Waals surface area contributed by atoms with Gasteiger partial charge in [-0.05, 0) is 50.1 Å². The third kappa shape index (κ3) is 3.77. The molecule has 1 N–H and O–H groups in total. The van der Waals surface area contributed by atoms with E-state index >= 15 is 0 Å². The van der Waals surface area contributed by atoms with Gasteiger partial charge in [-0.15, -0.1) is 11.8 Å². The summed E-state index contributed by atoms with van der Waals surface area (Å²) in [5, 5.41) is 14.5. The molecule has 4 rings (SSSR count). The Balaban J connectivity index is 1.59. The van der Waals surface area contributed by atoms with Crippen LogP contribution in [0.15, 0.2) is 48.5 Å². The van der Waals surface area contributed by atoms with Crippen molar-refractivity contribution in [1.82, 2.24) is 14.7 Å². The number of phenolic OH excluding ortho intramolecular Hbond substituents is 1. The van der Waals surface area contributed by atoms with Crippen molar-refractivity contribution in [3.63, 3.8) is 0 Å². The molecule has 1 atom stereocenters. The first kappa shape index (κ1) is 20.3. The SMILES string of the molecule is COc1cc(CCN2C(=O)CSC2c2c(C)nn(-c3ccccc3)c2C)ccc1O. The summed E-state index contributed by atoms with van der Waals surface area (Å²) in [6.07, 6.45) is 0.685. The monoisotopic (exact) mass is 423 g/mol. The Morgan fingerprint density at radius 2 is 1.97 bits per heavy atom. The molecule has 2 aromatic carbocycles. The Morgan fingerprint density at radius 3 is 2.70 bits per heavy atom. The number of nitrogens with zero attached hydrogens (tertiary/aromatic N) is 3. The summed E-state index contributed by atoms with van der Waals surface area (Å²) in [6, 6.07) is 15.4. The molecule has 0 radical (unpaired) electrons. The quantitative estimate of drug-likeness (QED) is 0.649. The molecule has 1 aliphatic heterocycles. The lowest BCUT2D eigenvalue weighted by Crippen LogP contribution is -2.30. The second kappa shape index (κ2) is 8.44. The van der Waals surface area contributed by atoms with E-state index in [-0.39, 0.29) is 17.0 Å². The second-order valence-electron chi connectivity index (χ2n) is 7.34. The van der Waals surface area contributed by atoms with E-state index < -0.39 is 0 Å². The second-order valence-corrected chi connectivity index (χ2v) is 8.41. The number of ether oxygens (including phenoxy) is 1. The van der Waals surface area contributed by atoms with Gasteiger partial charge >= 0.3 is 0 Å². The minimum absolute atomic E-state index is 0.0472. The lowest BCUT2D eigenvalue weighted by Gasteiger charge is -2.24. The number of amides is 1. The zero-order valence-corrected chi connectivity index (χ0v) is 18.1. The topological polar surface area (TPSA) is 67.6 Å². The Labute approximate surface area is 180 Å². The number of methoxy groups -OCH3 is 1. The van der Waals surface area contributed by atoms with E-state index in [0.717, 1.165) is 28.2 Å². The molecule has 156 valence electrons. The number of hydrogen-bond donors (Lipinski definition) is 1. The maximum Gasteiger partial charge on any atom is 0.233 e. The summed E-state index contributed by atoms with van der Waals surface area (Å²) < 4.78 is 7.15. The summed E-state index contributed by atoms with van der Waals surface area (Å²) in [5.74, 6) is 1.18. The molecule has 6 nitrogen and oxygen atoms in total. The maximum absolute atomic E-state index is 12.7. The first-order valence-electron chi connectivity index (χ1n) is 9.88. The van der Waals surface area contributed by atoms with E-state index in [4.69, 9.17) is 9.84 Å². The lowest BCUT2D eigenvalue weighted by molar-refractivity contribution is -0.128. The van der Waals surface area contributed by atoms with Crippen molar-refractivity contribution >= 4 is 17.7 Å². The van der Waals surface area contributed by atoms with Crippen molar-refractivity contribution in [1.29, 1.82) is 0 Å². The van der Waals surface area contributed by atoms with Gasteiger partial charge in [0.25, 0.3) is 0 Å². The van der Waals surface area contributed by atoms with Crippen molar-refractivity contribution < 1.29 is 14.6 Å². The smallest absolute Gasteiger partial charge is 0.233 e. The van der Waals surface area contributed by atoms with Crippen LogP contribution in [0.4, 0.5) is 0 Å². The molecule has 30 heavy (non-hydrogen) atoms. The van der Waals surface area contributed by atoms with Crippen molar-refractivity contribution in [3.05, 3.63) is 71.0 Å². The number of para-hydroxylation sites is 1. The van der Waals surface area contributed by atoms with Crippen molar-refractivity contribution in [2.45, 2.75) is 25.6 Å². The van der Waals surface area contributed by atoms with E-state index in [1.54, 1.807) is 17.8 Å². The molecule has 1 fully saturated rings. The summed E-state index contributed by atoms with van der Waals surface area (Å²) in [7, 11) is 1.53. The third-order valence-electron chi connectivity index (χ3n) is 5.45. The number of carbonyl (C=O) groups is 1. The van der Waals surface area contributed by atoms with Gasteiger partial charge in [0.1, 0.15) is 5.37 Å². The van der Waals surface area contributed by atoms with Crippen molar-refractivity contribution in [2.75, 3.05) is 19.4 Å². The number of aromatic nitrogens is 2. The number of carbonyl (C=O) groups excluding carboxylic acids is 1. The fourth-order valence-electron chi connectivity index (χ4n) is 3.89. The van der Waals surface area contributed by atoms with Gasteiger partial charge in [-0.3, -0.25) is 4.79 Å². The van der Waals surface area contributed by atoms with Gasteiger partial charge in [0, 0.05) is 17.8 Å². The Kier molecular flexibility index (Phi) is 5.72. The Morgan fingerprint density at radius 1 is 1.20 bits per heavy atom. The van der Waals surface area contributed by atoms with Crippen molar-refractivity contribution in [3.8, 4) is 17.2 Å². The molecule has 1 aromatic heterocycles. The van der Waals surface area contributed by atoms with Crippen LogP contribution in [0.25, 0.3) is 5.69 Å². The highest BCUT2D eigenvalue weighted by molar-refractivity contribution is 8.00. The Bertz CT molecular complexity index is 1070. The highest BCUT2D eigenvalue weighted by Gasteiger charge is 2.36. The molecule has 1 aliphatic rings. The first-order valence-corrected chi connectivity index (χ1v) is 10.9. The highest BCUT2D eigenvalue weighted by atomic mass is 32.2. The number of hydrogen-bond acceptors (Lipinski definition) is 5. The molecule has 1 saturated heterocycles. The van der Waals surface area contributed by atoms with Gasteiger partial charge in [0.2, 0.25) is 5.91 Å². The van der Waals surface area contributed by atoms with E-state index in [0.29, 0.717) is 24.5 Å². The molecule has 7 heteroatoms. The third-order valence-corrected chi connectivity index (χ3v) is 6.67. The summed E-state index contributed by atoms with van der Waals surface area (Å²) >= 11 is 1.65. The zero-order chi connectivity index (χ0) is 21.3. The minimum Gasteiger partial charge on any atom is -0.504 e. The molecule has 3 aromatic rings. The normalized spacial score (nSPS) is 16.3. The number of aromatic hydroxyl groups is 1. The van der Waals surface area contributed by atoms with Gasteiger partial charge in [-0.1, -0.05) is 24.3 Å². The number of rotatable bonds is 6. The minimum atomic E-state index is -0.0472. The molecule has 1 unspecified atom stereocenters. The predicted octanol–water partition coefficient (Wildman–Crippen LogP) is 4.02. The predicted molar refractivity (Wildman–Crippen MR) is 118 cm³/mol. The van der Waals surface area contributed by atoms with Crippen LogP contribution in [0, 0.1) is 13.8 Å². The highest BCUT2D eigenvalue weighted by Crippen LogP contribution is 2.42.